The summed E-state index contributed by atoms with van der Waals surface area (Å²) in [5.41, 5.74) is 0.113. The van der Waals surface area contributed by atoms with E-state index in [0.29, 0.717) is 16.5 Å². The van der Waals surface area contributed by atoms with Gasteiger partial charge in [-0.25, -0.2) is 9.48 Å². The number of benzene rings is 1. The Hall–Kier alpha value is -3.23. The van der Waals surface area contributed by atoms with Crippen LogP contribution in [0.3, 0.4) is 0 Å². The average Bonchev–Trinajstić information content (AvgIpc) is 3.17. The lowest BCUT2D eigenvalue weighted by Crippen LogP contribution is -2.45. The van der Waals surface area contributed by atoms with Crippen LogP contribution in [0.2, 0.25) is 0 Å². The van der Waals surface area contributed by atoms with Crippen molar-refractivity contribution in [3.05, 3.63) is 40.3 Å². The van der Waals surface area contributed by atoms with Crippen molar-refractivity contribution in [1.82, 2.24) is 20.4 Å². The molecule has 2 N–H and O–H groups in total. The van der Waals surface area contributed by atoms with E-state index in [1.165, 1.54) is 7.05 Å². The van der Waals surface area contributed by atoms with E-state index in [9.17, 15) is 19.2 Å². The summed E-state index contributed by atoms with van der Waals surface area (Å²) in [6.45, 7) is -0.569. The zero-order valence-corrected chi connectivity index (χ0v) is 15.6. The molecule has 0 bridgehead atoms. The Balaban J connectivity index is 1.54. The molecule has 9 nitrogen and oxygen atoms in total. The average molecular weight is 386 g/mol. The number of fused-ring (bicyclic) bond motifs is 1. The van der Waals surface area contributed by atoms with Gasteiger partial charge < -0.3 is 10.1 Å². The number of hydrogen-bond acceptors (Lipinski definition) is 6. The highest BCUT2D eigenvalue weighted by Gasteiger charge is 2.19. The molecule has 0 atom stereocenters. The molecule has 1 heterocycles. The summed E-state index contributed by atoms with van der Waals surface area (Å²) in [5, 5.41) is 9.98. The molecule has 28 heavy (non-hydrogen) atoms. The van der Waals surface area contributed by atoms with Gasteiger partial charge in [-0.2, -0.15) is 5.10 Å². The van der Waals surface area contributed by atoms with E-state index in [1.54, 1.807) is 24.3 Å². The molecule has 1 aromatic heterocycles. The summed E-state index contributed by atoms with van der Waals surface area (Å²) in [6.07, 6.45) is 3.72. The van der Waals surface area contributed by atoms with E-state index in [1.807, 2.05) is 0 Å². The molecule has 1 aromatic carbocycles. The molecule has 0 aliphatic heterocycles. The van der Waals surface area contributed by atoms with E-state index in [0.717, 1.165) is 30.4 Å². The lowest BCUT2D eigenvalue weighted by Gasteiger charge is -2.12. The molecule has 0 unspecified atom stereocenters. The topological polar surface area (TPSA) is 119 Å². The van der Waals surface area contributed by atoms with E-state index < -0.39 is 24.5 Å². The van der Waals surface area contributed by atoms with Crippen molar-refractivity contribution in [3.63, 3.8) is 0 Å². The van der Waals surface area contributed by atoms with Gasteiger partial charge in [-0.3, -0.25) is 19.7 Å². The Morgan fingerprint density at radius 1 is 1.18 bits per heavy atom. The van der Waals surface area contributed by atoms with Gasteiger partial charge in [0.05, 0.1) is 17.5 Å². The molecule has 1 aliphatic rings. The lowest BCUT2D eigenvalue weighted by atomic mass is 10.1. The molecule has 148 valence electrons. The van der Waals surface area contributed by atoms with Crippen LogP contribution < -0.4 is 16.2 Å². The zero-order valence-electron chi connectivity index (χ0n) is 15.6. The van der Waals surface area contributed by atoms with Crippen LogP contribution in [0.4, 0.5) is 4.79 Å². The molecular formula is C19H22N4O5. The normalized spacial score (nSPS) is 14.0. The number of carbonyl (C=O) groups is 3. The van der Waals surface area contributed by atoms with E-state index in [2.05, 4.69) is 15.7 Å². The van der Waals surface area contributed by atoms with Gasteiger partial charge in [-0.15, -0.1) is 0 Å². The largest absolute Gasteiger partial charge is 0.455 e. The summed E-state index contributed by atoms with van der Waals surface area (Å²) < 4.78 is 6.10. The number of nitrogens with zero attached hydrogens (tertiary/aromatic N) is 2. The minimum absolute atomic E-state index is 0.0828. The fraction of sp³-hybridized carbons (Fsp3) is 0.421. The first kappa shape index (κ1) is 19.5. The Kier molecular flexibility index (Phi) is 6.03. The van der Waals surface area contributed by atoms with Gasteiger partial charge in [0.15, 0.2) is 6.61 Å². The van der Waals surface area contributed by atoms with E-state index in [4.69, 9.17) is 4.74 Å². The number of aryl methyl sites for hydroxylation is 1. The highest BCUT2D eigenvalue weighted by atomic mass is 16.5. The Bertz CT molecular complexity index is 962. The highest BCUT2D eigenvalue weighted by Crippen LogP contribution is 2.17. The number of ether oxygens (including phenoxy) is 1. The molecule has 3 amide bonds. The predicted octanol–water partition coefficient (Wildman–Crippen LogP) is 0.788. The lowest BCUT2D eigenvalue weighted by molar-refractivity contribution is -0.147. The Labute approximate surface area is 161 Å². The fourth-order valence-electron chi connectivity index (χ4n) is 3.29. The van der Waals surface area contributed by atoms with Gasteiger partial charge >= 0.3 is 12.0 Å². The number of nitrogens with one attached hydrogen (secondary N) is 2. The molecule has 3 rings (SSSR count). The van der Waals surface area contributed by atoms with Crippen molar-refractivity contribution in [2.24, 2.45) is 7.05 Å². The summed E-state index contributed by atoms with van der Waals surface area (Å²) in [4.78, 5) is 47.7. The molecule has 0 spiro atoms. The van der Waals surface area contributed by atoms with Gasteiger partial charge in [0, 0.05) is 18.5 Å². The molecule has 0 saturated heterocycles. The minimum Gasteiger partial charge on any atom is -0.455 e. The number of carbonyl (C=O) groups excluding carboxylic acids is 3. The van der Waals surface area contributed by atoms with Crippen molar-refractivity contribution in [2.45, 2.75) is 38.1 Å². The first-order chi connectivity index (χ1) is 13.4. The molecule has 1 aliphatic carbocycles. The number of urea groups is 1. The fourth-order valence-corrected chi connectivity index (χ4v) is 3.29. The first-order valence-electron chi connectivity index (χ1n) is 9.15. The van der Waals surface area contributed by atoms with E-state index >= 15 is 0 Å². The second-order valence-corrected chi connectivity index (χ2v) is 6.76. The minimum atomic E-state index is -0.706. The van der Waals surface area contributed by atoms with Crippen LogP contribution >= 0.6 is 0 Å². The van der Waals surface area contributed by atoms with Crippen LogP contribution in [0, 0.1) is 0 Å². The quantitative estimate of drug-likeness (QED) is 0.733. The second kappa shape index (κ2) is 8.64. The molecule has 0 radical (unpaired) electrons. The van der Waals surface area contributed by atoms with Crippen molar-refractivity contribution >= 4 is 28.7 Å². The Morgan fingerprint density at radius 2 is 1.86 bits per heavy atom. The molecule has 2 aromatic rings. The SMILES string of the molecule is Cn1nc(CC(=O)OCC(=O)NC(=O)NC2CCCC2)c2ccccc2c1=O. The van der Waals surface area contributed by atoms with Crippen molar-refractivity contribution in [3.8, 4) is 0 Å². The van der Waals surface area contributed by atoms with Crippen LogP contribution in [0.15, 0.2) is 29.1 Å². The summed E-state index contributed by atoms with van der Waals surface area (Å²) in [5.74, 6) is -1.38. The summed E-state index contributed by atoms with van der Waals surface area (Å²) in [6, 6.07) is 6.33. The maximum absolute atomic E-state index is 12.1. The van der Waals surface area contributed by atoms with Gasteiger partial charge in [-0.1, -0.05) is 31.0 Å². The van der Waals surface area contributed by atoms with Gasteiger partial charge in [0.25, 0.3) is 11.5 Å². The highest BCUT2D eigenvalue weighted by molar-refractivity contribution is 5.96. The Morgan fingerprint density at radius 3 is 2.57 bits per heavy atom. The number of imide groups is 1. The van der Waals surface area contributed by atoms with E-state index in [-0.39, 0.29) is 18.0 Å². The summed E-state index contributed by atoms with van der Waals surface area (Å²) >= 11 is 0. The maximum Gasteiger partial charge on any atom is 0.321 e. The summed E-state index contributed by atoms with van der Waals surface area (Å²) in [7, 11) is 1.50. The number of hydrogen-bond donors (Lipinski definition) is 2. The standard InChI is InChI=1S/C19H22N4O5/c1-23-18(26)14-9-5-4-8-13(14)15(22-23)10-17(25)28-11-16(24)21-19(27)20-12-6-2-3-7-12/h4-5,8-9,12H,2-3,6-7,10-11H2,1H3,(H2,20,21,24,27). The number of aromatic nitrogens is 2. The van der Waals surface area contributed by atoms with Crippen LogP contribution in [0.5, 0.6) is 0 Å². The van der Waals surface area contributed by atoms with Gasteiger partial charge in [-0.05, 0) is 18.9 Å². The van der Waals surface area contributed by atoms with Crippen molar-refractivity contribution in [1.29, 1.82) is 0 Å². The van der Waals surface area contributed by atoms with Crippen LogP contribution in [0.1, 0.15) is 31.4 Å². The van der Waals surface area contributed by atoms with Gasteiger partial charge in [0.2, 0.25) is 0 Å². The van der Waals surface area contributed by atoms with Gasteiger partial charge in [0.1, 0.15) is 0 Å². The maximum atomic E-state index is 12.1. The van der Waals surface area contributed by atoms with Crippen molar-refractivity contribution in [2.75, 3.05) is 6.61 Å². The molecule has 1 fully saturated rings. The predicted molar refractivity (Wildman–Crippen MR) is 101 cm³/mol. The van der Waals surface area contributed by atoms with Crippen LogP contribution in [0.25, 0.3) is 10.8 Å². The monoisotopic (exact) mass is 386 g/mol. The molecule has 1 saturated carbocycles. The van der Waals surface area contributed by atoms with Crippen LogP contribution in [-0.2, 0) is 27.8 Å². The molecular weight excluding hydrogens is 364 g/mol. The molecule has 9 heteroatoms. The number of esters is 1. The third-order valence-corrected chi connectivity index (χ3v) is 4.65. The zero-order chi connectivity index (χ0) is 20.1. The third-order valence-electron chi connectivity index (χ3n) is 4.65. The number of amides is 3. The third kappa shape index (κ3) is 4.73. The first-order valence-corrected chi connectivity index (χ1v) is 9.15. The van der Waals surface area contributed by atoms with Crippen molar-refractivity contribution < 1.29 is 19.1 Å². The smallest absolute Gasteiger partial charge is 0.321 e. The second-order valence-electron chi connectivity index (χ2n) is 6.76. The van der Waals surface area contributed by atoms with Crippen LogP contribution in [-0.4, -0.2) is 40.3 Å². The number of rotatable bonds is 5.